The van der Waals surface area contributed by atoms with Crippen LogP contribution in [-0.4, -0.2) is 45.5 Å². The van der Waals surface area contributed by atoms with Gasteiger partial charge in [-0.2, -0.15) is 0 Å². The third-order valence-corrected chi connectivity index (χ3v) is 6.27. The predicted molar refractivity (Wildman–Crippen MR) is 134 cm³/mol. The summed E-state index contributed by atoms with van der Waals surface area (Å²) in [5, 5.41) is 20.4. The van der Waals surface area contributed by atoms with Gasteiger partial charge in [0.15, 0.2) is 0 Å². The van der Waals surface area contributed by atoms with Gasteiger partial charge in [-0.15, -0.1) is 10.2 Å². The average molecular weight is 470 g/mol. The maximum absolute atomic E-state index is 11.1. The number of amides is 1. The minimum atomic E-state index is -0.983. The van der Waals surface area contributed by atoms with Crippen molar-refractivity contribution in [1.82, 2.24) is 20.5 Å². The number of carboxylic acid groups (broad SMARTS) is 1. The maximum atomic E-state index is 11.1. The molecule has 4 aromatic rings. The Morgan fingerprint density at radius 1 is 0.943 bits per heavy atom. The zero-order valence-corrected chi connectivity index (χ0v) is 19.7. The summed E-state index contributed by atoms with van der Waals surface area (Å²) in [6.45, 7) is 5.56. The van der Waals surface area contributed by atoms with Crippen LogP contribution >= 0.6 is 0 Å². The van der Waals surface area contributed by atoms with E-state index in [9.17, 15) is 4.79 Å². The molecule has 0 atom stereocenters. The Morgan fingerprint density at radius 2 is 1.60 bits per heavy atom. The lowest BCUT2D eigenvalue weighted by Crippen LogP contribution is -2.44. The summed E-state index contributed by atoms with van der Waals surface area (Å²) in [4.78, 5) is 17.9. The number of carbonyl (C=O) groups is 1. The third kappa shape index (κ3) is 4.87. The fourth-order valence-electron chi connectivity index (χ4n) is 4.74. The van der Waals surface area contributed by atoms with Crippen LogP contribution in [0.3, 0.4) is 0 Å². The first-order chi connectivity index (χ1) is 17.0. The van der Waals surface area contributed by atoms with E-state index in [1.54, 1.807) is 6.20 Å². The third-order valence-electron chi connectivity index (χ3n) is 6.27. The smallest absolute Gasteiger partial charge is 0.404 e. The summed E-state index contributed by atoms with van der Waals surface area (Å²) in [7, 11) is 0. The molecule has 1 saturated heterocycles. The fourth-order valence-corrected chi connectivity index (χ4v) is 4.74. The number of anilines is 1. The van der Waals surface area contributed by atoms with Crippen LogP contribution in [0.2, 0.25) is 0 Å². The van der Waals surface area contributed by atoms with Crippen molar-refractivity contribution in [3.8, 4) is 34.0 Å². The first kappa shape index (κ1) is 22.6. The zero-order valence-electron chi connectivity index (χ0n) is 19.7. The van der Waals surface area contributed by atoms with Gasteiger partial charge in [0, 0.05) is 42.7 Å². The molecule has 0 bridgehead atoms. The van der Waals surface area contributed by atoms with Crippen molar-refractivity contribution >= 4 is 11.8 Å². The molecule has 1 aliphatic rings. The zero-order chi connectivity index (χ0) is 24.4. The van der Waals surface area contributed by atoms with Crippen LogP contribution in [0.1, 0.15) is 24.0 Å². The SMILES string of the molecule is Cc1cc(C)cc(-c2cncc(-c3nnc(-c4ccccc4)o3)c2N2CCC(NC(=O)O)CC2)c1. The van der Waals surface area contributed by atoms with E-state index in [1.165, 1.54) is 11.1 Å². The number of piperidine rings is 1. The van der Waals surface area contributed by atoms with Gasteiger partial charge in [-0.1, -0.05) is 47.5 Å². The second-order valence-electron chi connectivity index (χ2n) is 8.95. The Balaban J connectivity index is 1.59. The van der Waals surface area contributed by atoms with Gasteiger partial charge in [0.25, 0.3) is 5.89 Å². The number of nitrogens with zero attached hydrogens (tertiary/aromatic N) is 4. The van der Waals surface area contributed by atoms with E-state index in [1.807, 2.05) is 36.5 Å². The van der Waals surface area contributed by atoms with Gasteiger partial charge in [-0.3, -0.25) is 4.98 Å². The first-order valence-electron chi connectivity index (χ1n) is 11.7. The lowest BCUT2D eigenvalue weighted by molar-refractivity contribution is 0.187. The summed E-state index contributed by atoms with van der Waals surface area (Å²) >= 11 is 0. The second kappa shape index (κ2) is 9.58. The van der Waals surface area contributed by atoms with E-state index < -0.39 is 6.09 Å². The number of hydrogen-bond acceptors (Lipinski definition) is 6. The van der Waals surface area contributed by atoms with Crippen molar-refractivity contribution in [2.24, 2.45) is 0 Å². The Morgan fingerprint density at radius 3 is 2.29 bits per heavy atom. The van der Waals surface area contributed by atoms with Gasteiger partial charge in [0.1, 0.15) is 0 Å². The Bertz CT molecular complexity index is 1320. The molecule has 8 heteroatoms. The van der Waals surface area contributed by atoms with Crippen molar-refractivity contribution < 1.29 is 14.3 Å². The van der Waals surface area contributed by atoms with E-state index in [2.05, 4.69) is 57.4 Å². The van der Waals surface area contributed by atoms with Crippen LogP contribution in [-0.2, 0) is 0 Å². The largest absolute Gasteiger partial charge is 0.465 e. The molecule has 35 heavy (non-hydrogen) atoms. The molecule has 1 aliphatic heterocycles. The van der Waals surface area contributed by atoms with E-state index >= 15 is 0 Å². The summed E-state index contributed by atoms with van der Waals surface area (Å²) in [5.41, 5.74) is 6.99. The molecule has 1 fully saturated rings. The molecule has 0 spiro atoms. The number of benzene rings is 2. The van der Waals surface area contributed by atoms with Crippen molar-refractivity contribution in [1.29, 1.82) is 0 Å². The van der Waals surface area contributed by atoms with Crippen molar-refractivity contribution in [2.75, 3.05) is 18.0 Å². The highest BCUT2D eigenvalue weighted by molar-refractivity contribution is 5.88. The van der Waals surface area contributed by atoms with Gasteiger partial charge in [0.2, 0.25) is 5.89 Å². The Kier molecular flexibility index (Phi) is 6.18. The molecule has 0 unspecified atom stereocenters. The number of aromatic nitrogens is 3. The summed E-state index contributed by atoms with van der Waals surface area (Å²) in [5.74, 6) is 0.857. The van der Waals surface area contributed by atoms with Crippen molar-refractivity contribution in [3.63, 3.8) is 0 Å². The molecule has 0 saturated carbocycles. The molecular weight excluding hydrogens is 442 g/mol. The molecule has 2 aromatic carbocycles. The van der Waals surface area contributed by atoms with E-state index in [4.69, 9.17) is 9.52 Å². The van der Waals surface area contributed by atoms with E-state index in [0.29, 0.717) is 37.7 Å². The standard InChI is InChI=1S/C27H27N5O3/c1-17-12-18(2)14-20(13-17)22-15-28-16-23(24(22)32-10-8-21(9-11-32)29-27(33)34)26-31-30-25(35-26)19-6-4-3-5-7-19/h3-7,12-16,21,29H,8-11H2,1-2H3,(H,33,34). The highest BCUT2D eigenvalue weighted by Gasteiger charge is 2.27. The molecule has 3 heterocycles. The number of rotatable bonds is 5. The van der Waals surface area contributed by atoms with Gasteiger partial charge in [-0.25, -0.2) is 4.79 Å². The second-order valence-corrected chi connectivity index (χ2v) is 8.95. The molecule has 8 nitrogen and oxygen atoms in total. The van der Waals surface area contributed by atoms with Gasteiger partial charge in [-0.05, 0) is 44.4 Å². The minimum absolute atomic E-state index is 0.0632. The maximum Gasteiger partial charge on any atom is 0.404 e. The Labute approximate surface area is 203 Å². The van der Waals surface area contributed by atoms with Crippen LogP contribution in [0.5, 0.6) is 0 Å². The highest BCUT2D eigenvalue weighted by atomic mass is 16.4. The van der Waals surface area contributed by atoms with Gasteiger partial charge < -0.3 is 19.7 Å². The summed E-state index contributed by atoms with van der Waals surface area (Å²) in [6, 6.07) is 16.1. The van der Waals surface area contributed by atoms with Crippen LogP contribution in [0.25, 0.3) is 34.0 Å². The lowest BCUT2D eigenvalue weighted by Gasteiger charge is -2.35. The molecule has 2 aromatic heterocycles. The monoisotopic (exact) mass is 469 g/mol. The van der Waals surface area contributed by atoms with Crippen molar-refractivity contribution in [2.45, 2.75) is 32.7 Å². The van der Waals surface area contributed by atoms with Crippen LogP contribution in [0.4, 0.5) is 10.5 Å². The fraction of sp³-hybridized carbons (Fsp3) is 0.259. The van der Waals surface area contributed by atoms with E-state index in [0.717, 1.165) is 27.9 Å². The molecule has 178 valence electrons. The Hall–Kier alpha value is -4.20. The van der Waals surface area contributed by atoms with Crippen molar-refractivity contribution in [3.05, 3.63) is 72.1 Å². The lowest BCUT2D eigenvalue weighted by atomic mass is 9.96. The number of pyridine rings is 1. The van der Waals surface area contributed by atoms with Crippen LogP contribution in [0, 0.1) is 13.8 Å². The summed E-state index contributed by atoms with van der Waals surface area (Å²) < 4.78 is 6.12. The molecule has 1 amide bonds. The van der Waals surface area contributed by atoms with E-state index in [-0.39, 0.29) is 6.04 Å². The number of hydrogen-bond donors (Lipinski definition) is 2. The van der Waals surface area contributed by atoms with Gasteiger partial charge in [0.05, 0.1) is 11.3 Å². The minimum Gasteiger partial charge on any atom is -0.465 e. The molecule has 2 N–H and O–H groups in total. The van der Waals surface area contributed by atoms with Crippen LogP contribution < -0.4 is 10.2 Å². The number of aryl methyl sites for hydroxylation is 2. The average Bonchev–Trinajstić information content (AvgIpc) is 3.34. The molecule has 0 aliphatic carbocycles. The van der Waals surface area contributed by atoms with Crippen LogP contribution in [0.15, 0.2) is 65.3 Å². The quantitative estimate of drug-likeness (QED) is 0.408. The molecular formula is C27H27N5O3. The summed E-state index contributed by atoms with van der Waals surface area (Å²) in [6.07, 6.45) is 4.08. The number of nitrogens with one attached hydrogen (secondary N) is 1. The molecule has 0 radical (unpaired) electrons. The molecule has 5 rings (SSSR count). The normalized spacial score (nSPS) is 14.2. The van der Waals surface area contributed by atoms with Gasteiger partial charge >= 0.3 is 6.09 Å². The predicted octanol–water partition coefficient (Wildman–Crippen LogP) is 5.32. The highest BCUT2D eigenvalue weighted by Crippen LogP contribution is 2.40. The topological polar surface area (TPSA) is 104 Å². The first-order valence-corrected chi connectivity index (χ1v) is 11.7.